The number of sulfonamides is 1. The van der Waals surface area contributed by atoms with Crippen molar-refractivity contribution in [2.24, 2.45) is 0 Å². The minimum Gasteiger partial charge on any atom is -0.373 e. The largest absolute Gasteiger partial charge is 0.373 e. The van der Waals surface area contributed by atoms with Gasteiger partial charge in [-0.3, -0.25) is 4.98 Å². The number of anilines is 1. The standard InChI is InChI=1S/C13H16N4O2S/c1-10(11-4-3-6-15-9-11)17-20(18,19)12-5-7-16-13(8-12)14-2/h3-10,17H,1-2H3,(H,14,16). The van der Waals surface area contributed by atoms with Gasteiger partial charge in [-0.05, 0) is 24.6 Å². The van der Waals surface area contributed by atoms with Crippen molar-refractivity contribution in [3.8, 4) is 0 Å². The average molecular weight is 292 g/mol. The van der Waals surface area contributed by atoms with Gasteiger partial charge in [0.2, 0.25) is 10.0 Å². The number of hydrogen-bond donors (Lipinski definition) is 2. The molecule has 2 heterocycles. The Morgan fingerprint density at radius 1 is 1.25 bits per heavy atom. The van der Waals surface area contributed by atoms with Crippen LogP contribution in [0.1, 0.15) is 18.5 Å². The lowest BCUT2D eigenvalue weighted by atomic mass is 10.2. The maximum absolute atomic E-state index is 12.3. The zero-order chi connectivity index (χ0) is 14.6. The average Bonchev–Trinajstić information content (AvgIpc) is 2.48. The van der Waals surface area contributed by atoms with Crippen molar-refractivity contribution in [2.45, 2.75) is 17.9 Å². The molecule has 106 valence electrons. The molecule has 20 heavy (non-hydrogen) atoms. The van der Waals surface area contributed by atoms with Gasteiger partial charge in [-0.15, -0.1) is 0 Å². The zero-order valence-electron chi connectivity index (χ0n) is 11.2. The van der Waals surface area contributed by atoms with Gasteiger partial charge in [-0.2, -0.15) is 0 Å². The summed E-state index contributed by atoms with van der Waals surface area (Å²) in [6.45, 7) is 1.77. The van der Waals surface area contributed by atoms with Crippen LogP contribution in [0, 0.1) is 0 Å². The zero-order valence-corrected chi connectivity index (χ0v) is 12.1. The van der Waals surface area contributed by atoms with Gasteiger partial charge in [-0.25, -0.2) is 18.1 Å². The molecule has 6 nitrogen and oxygen atoms in total. The summed E-state index contributed by atoms with van der Waals surface area (Å²) in [4.78, 5) is 8.15. The second-order valence-corrected chi connectivity index (χ2v) is 5.97. The Morgan fingerprint density at radius 3 is 2.70 bits per heavy atom. The van der Waals surface area contributed by atoms with Gasteiger partial charge >= 0.3 is 0 Å². The molecule has 0 aliphatic carbocycles. The molecule has 0 aliphatic rings. The van der Waals surface area contributed by atoms with E-state index in [0.717, 1.165) is 5.56 Å². The number of nitrogens with one attached hydrogen (secondary N) is 2. The van der Waals surface area contributed by atoms with Gasteiger partial charge in [0.05, 0.1) is 4.90 Å². The fraction of sp³-hybridized carbons (Fsp3) is 0.231. The van der Waals surface area contributed by atoms with Crippen LogP contribution >= 0.6 is 0 Å². The highest BCUT2D eigenvalue weighted by molar-refractivity contribution is 7.89. The van der Waals surface area contributed by atoms with Gasteiger partial charge < -0.3 is 5.32 Å². The van der Waals surface area contributed by atoms with Gasteiger partial charge in [0.25, 0.3) is 0 Å². The van der Waals surface area contributed by atoms with E-state index in [9.17, 15) is 8.42 Å². The fourth-order valence-corrected chi connectivity index (χ4v) is 2.96. The summed E-state index contributed by atoms with van der Waals surface area (Å²) >= 11 is 0. The summed E-state index contributed by atoms with van der Waals surface area (Å²) < 4.78 is 27.2. The van der Waals surface area contributed by atoms with Gasteiger partial charge in [-0.1, -0.05) is 6.07 Å². The number of rotatable bonds is 5. The smallest absolute Gasteiger partial charge is 0.241 e. The molecule has 2 N–H and O–H groups in total. The number of pyridine rings is 2. The van der Waals surface area contributed by atoms with E-state index < -0.39 is 10.0 Å². The van der Waals surface area contributed by atoms with E-state index in [1.807, 2.05) is 6.07 Å². The first kappa shape index (κ1) is 14.4. The predicted molar refractivity (Wildman–Crippen MR) is 76.8 cm³/mol. The third-order valence-electron chi connectivity index (χ3n) is 2.81. The Kier molecular flexibility index (Phi) is 4.31. The summed E-state index contributed by atoms with van der Waals surface area (Å²) in [6, 6.07) is 6.18. The maximum atomic E-state index is 12.3. The van der Waals surface area contributed by atoms with E-state index in [-0.39, 0.29) is 10.9 Å². The molecule has 0 aromatic carbocycles. The van der Waals surface area contributed by atoms with Crippen molar-refractivity contribution in [3.63, 3.8) is 0 Å². The quantitative estimate of drug-likeness (QED) is 0.873. The van der Waals surface area contributed by atoms with E-state index in [1.54, 1.807) is 32.4 Å². The Bertz CT molecular complexity index is 674. The van der Waals surface area contributed by atoms with Crippen molar-refractivity contribution in [1.82, 2.24) is 14.7 Å². The predicted octanol–water partition coefficient (Wildman–Crippen LogP) is 1.56. The van der Waals surface area contributed by atoms with E-state index in [0.29, 0.717) is 5.82 Å². The van der Waals surface area contributed by atoms with Crippen molar-refractivity contribution in [3.05, 3.63) is 48.4 Å². The topological polar surface area (TPSA) is 84.0 Å². The third-order valence-corrected chi connectivity index (χ3v) is 4.35. The van der Waals surface area contributed by atoms with Crippen molar-refractivity contribution >= 4 is 15.8 Å². The van der Waals surface area contributed by atoms with Gasteiger partial charge in [0.1, 0.15) is 5.82 Å². The molecule has 0 saturated heterocycles. The van der Waals surface area contributed by atoms with Crippen molar-refractivity contribution < 1.29 is 8.42 Å². The number of hydrogen-bond acceptors (Lipinski definition) is 5. The van der Waals surface area contributed by atoms with Crippen molar-refractivity contribution in [2.75, 3.05) is 12.4 Å². The second-order valence-electron chi connectivity index (χ2n) is 4.26. The molecular formula is C13H16N4O2S. The number of nitrogens with zero attached hydrogens (tertiary/aromatic N) is 2. The maximum Gasteiger partial charge on any atom is 0.241 e. The van der Waals surface area contributed by atoms with Crippen LogP contribution < -0.4 is 10.0 Å². The van der Waals surface area contributed by atoms with Crippen LogP contribution in [0.25, 0.3) is 0 Å². The number of aromatic nitrogens is 2. The summed E-state index contributed by atoms with van der Waals surface area (Å²) in [5.74, 6) is 0.502. The molecular weight excluding hydrogens is 276 g/mol. The monoisotopic (exact) mass is 292 g/mol. The lowest BCUT2D eigenvalue weighted by molar-refractivity contribution is 0.566. The summed E-state index contributed by atoms with van der Waals surface area (Å²) in [7, 11) is -1.91. The Hall–Kier alpha value is -1.99. The minimum absolute atomic E-state index is 0.174. The first-order chi connectivity index (χ1) is 9.53. The van der Waals surface area contributed by atoms with Crippen LogP contribution in [0.4, 0.5) is 5.82 Å². The summed E-state index contributed by atoms with van der Waals surface area (Å²) in [6.07, 6.45) is 4.74. The molecule has 0 spiro atoms. The fourth-order valence-electron chi connectivity index (χ4n) is 1.72. The van der Waals surface area contributed by atoms with E-state index in [4.69, 9.17) is 0 Å². The molecule has 2 rings (SSSR count). The molecule has 0 amide bonds. The molecule has 0 radical (unpaired) electrons. The molecule has 0 fully saturated rings. The third kappa shape index (κ3) is 3.31. The molecule has 7 heteroatoms. The van der Waals surface area contributed by atoms with Crippen molar-refractivity contribution in [1.29, 1.82) is 0 Å². The Labute approximate surface area is 118 Å². The molecule has 2 aromatic heterocycles. The molecule has 0 saturated carbocycles. The van der Waals surface area contributed by atoms with Gasteiger partial charge in [0.15, 0.2) is 0 Å². The van der Waals surface area contributed by atoms with Gasteiger partial charge in [0, 0.05) is 37.7 Å². The molecule has 2 aromatic rings. The first-order valence-electron chi connectivity index (χ1n) is 6.09. The Morgan fingerprint density at radius 2 is 2.05 bits per heavy atom. The lowest BCUT2D eigenvalue weighted by Gasteiger charge is -2.14. The highest BCUT2D eigenvalue weighted by Crippen LogP contribution is 2.17. The van der Waals surface area contributed by atoms with E-state index in [2.05, 4.69) is 20.0 Å². The van der Waals surface area contributed by atoms with Crippen LogP contribution in [-0.4, -0.2) is 25.4 Å². The summed E-state index contributed by atoms with van der Waals surface area (Å²) in [5, 5.41) is 2.81. The summed E-state index contributed by atoms with van der Waals surface area (Å²) in [5.41, 5.74) is 0.805. The van der Waals surface area contributed by atoms with Crippen LogP contribution in [0.3, 0.4) is 0 Å². The normalized spacial score (nSPS) is 12.9. The highest BCUT2D eigenvalue weighted by atomic mass is 32.2. The molecule has 0 bridgehead atoms. The Balaban J connectivity index is 2.23. The molecule has 1 atom stereocenters. The second kappa shape index (κ2) is 5.98. The van der Waals surface area contributed by atoms with Crippen LogP contribution in [0.15, 0.2) is 47.8 Å². The van der Waals surface area contributed by atoms with E-state index >= 15 is 0 Å². The van der Waals surface area contributed by atoms with Crippen LogP contribution in [0.5, 0.6) is 0 Å². The molecule has 0 aliphatic heterocycles. The van der Waals surface area contributed by atoms with Crippen LogP contribution in [-0.2, 0) is 10.0 Å². The molecule has 1 unspecified atom stereocenters. The highest BCUT2D eigenvalue weighted by Gasteiger charge is 2.18. The van der Waals surface area contributed by atoms with E-state index in [1.165, 1.54) is 18.3 Å². The minimum atomic E-state index is -3.60. The SMILES string of the molecule is CNc1cc(S(=O)(=O)NC(C)c2cccnc2)ccn1. The lowest BCUT2D eigenvalue weighted by Crippen LogP contribution is -2.27. The van der Waals surface area contributed by atoms with Crippen LogP contribution in [0.2, 0.25) is 0 Å². The first-order valence-corrected chi connectivity index (χ1v) is 7.57.